The van der Waals surface area contributed by atoms with Gasteiger partial charge in [0.15, 0.2) is 0 Å². The van der Waals surface area contributed by atoms with Gasteiger partial charge in [0.1, 0.15) is 9.84 Å². The lowest BCUT2D eigenvalue weighted by molar-refractivity contribution is -0.130. The summed E-state index contributed by atoms with van der Waals surface area (Å²) in [6.07, 6.45) is 4.32. The molecular weight excluding hydrogens is 330 g/mol. The van der Waals surface area contributed by atoms with Crippen LogP contribution in [0.5, 0.6) is 0 Å². The maximum Gasteiger partial charge on any atom is 0.247 e. The van der Waals surface area contributed by atoms with Gasteiger partial charge in [-0.1, -0.05) is 11.6 Å². The van der Waals surface area contributed by atoms with E-state index in [2.05, 4.69) is 0 Å². The van der Waals surface area contributed by atoms with E-state index in [-0.39, 0.29) is 18.2 Å². The van der Waals surface area contributed by atoms with Gasteiger partial charge >= 0.3 is 0 Å². The molecule has 0 radical (unpaired) electrons. The van der Waals surface area contributed by atoms with Crippen molar-refractivity contribution >= 4 is 44.8 Å². The smallest absolute Gasteiger partial charge is 0.247 e. The maximum atomic E-state index is 12.3. The Hall–Kier alpha value is -0.850. The molecule has 0 saturated carbocycles. The molecule has 4 nitrogen and oxygen atoms in total. The number of nitrogens with zero attached hydrogens (tertiary/aromatic N) is 1. The van der Waals surface area contributed by atoms with Gasteiger partial charge < -0.3 is 4.90 Å². The van der Waals surface area contributed by atoms with Gasteiger partial charge in [-0.2, -0.15) is 0 Å². The van der Waals surface area contributed by atoms with Gasteiger partial charge in [-0.05, 0) is 39.0 Å². The Bertz CT molecular complexity index is 627. The SMILES string of the molecule is CC(C)(C)N(CCS(C)(=O)=O)C(=O)C=Cc1ccc(Cl)s1. The van der Waals surface area contributed by atoms with Crippen molar-refractivity contribution < 1.29 is 13.2 Å². The second-order valence-electron chi connectivity index (χ2n) is 5.77. The van der Waals surface area contributed by atoms with E-state index in [1.54, 1.807) is 17.0 Å². The van der Waals surface area contributed by atoms with Crippen LogP contribution in [0.15, 0.2) is 18.2 Å². The fraction of sp³-hybridized carbons (Fsp3) is 0.500. The molecule has 0 fully saturated rings. The number of halogens is 1. The van der Waals surface area contributed by atoms with Crippen molar-refractivity contribution in [2.24, 2.45) is 0 Å². The van der Waals surface area contributed by atoms with E-state index in [1.165, 1.54) is 23.7 Å². The van der Waals surface area contributed by atoms with Crippen molar-refractivity contribution in [2.45, 2.75) is 26.3 Å². The molecule has 0 spiro atoms. The predicted molar refractivity (Wildman–Crippen MR) is 89.5 cm³/mol. The first-order valence-electron chi connectivity index (χ1n) is 6.42. The number of hydrogen-bond acceptors (Lipinski definition) is 4. The van der Waals surface area contributed by atoms with Crippen LogP contribution in [-0.4, -0.2) is 43.3 Å². The van der Waals surface area contributed by atoms with Gasteiger partial charge in [-0.15, -0.1) is 11.3 Å². The van der Waals surface area contributed by atoms with Crippen molar-refractivity contribution in [3.05, 3.63) is 27.4 Å². The molecule has 0 saturated heterocycles. The molecule has 1 aromatic rings. The average molecular weight is 350 g/mol. The van der Waals surface area contributed by atoms with Gasteiger partial charge in [0.25, 0.3) is 0 Å². The first-order valence-corrected chi connectivity index (χ1v) is 9.67. The Morgan fingerprint density at radius 3 is 2.43 bits per heavy atom. The molecule has 1 amide bonds. The van der Waals surface area contributed by atoms with Crippen LogP contribution < -0.4 is 0 Å². The largest absolute Gasteiger partial charge is 0.333 e. The maximum absolute atomic E-state index is 12.3. The number of carbonyl (C=O) groups is 1. The lowest BCUT2D eigenvalue weighted by Gasteiger charge is -2.34. The Morgan fingerprint density at radius 2 is 2.00 bits per heavy atom. The van der Waals surface area contributed by atoms with Gasteiger partial charge in [-0.25, -0.2) is 8.42 Å². The van der Waals surface area contributed by atoms with Gasteiger partial charge in [-0.3, -0.25) is 4.79 Å². The highest BCUT2D eigenvalue weighted by Gasteiger charge is 2.25. The Kier molecular flexibility index (Phi) is 6.01. The molecule has 1 aromatic heterocycles. The molecule has 7 heteroatoms. The summed E-state index contributed by atoms with van der Waals surface area (Å²) in [5.74, 6) is -0.259. The van der Waals surface area contributed by atoms with Crippen molar-refractivity contribution in [3.63, 3.8) is 0 Å². The van der Waals surface area contributed by atoms with E-state index < -0.39 is 15.4 Å². The van der Waals surface area contributed by atoms with E-state index in [4.69, 9.17) is 11.6 Å². The summed E-state index contributed by atoms with van der Waals surface area (Å²) in [5.41, 5.74) is -0.445. The third-order valence-electron chi connectivity index (χ3n) is 2.75. The number of hydrogen-bond donors (Lipinski definition) is 0. The van der Waals surface area contributed by atoms with E-state index in [9.17, 15) is 13.2 Å². The first kappa shape index (κ1) is 18.2. The average Bonchev–Trinajstić information content (AvgIpc) is 2.69. The van der Waals surface area contributed by atoms with Crippen LogP contribution in [0, 0.1) is 0 Å². The number of rotatable bonds is 5. The van der Waals surface area contributed by atoms with Gasteiger partial charge in [0.2, 0.25) is 5.91 Å². The van der Waals surface area contributed by atoms with Crippen LogP contribution in [0.25, 0.3) is 6.08 Å². The minimum atomic E-state index is -3.11. The second-order valence-corrected chi connectivity index (χ2v) is 9.77. The summed E-state index contributed by atoms with van der Waals surface area (Å²) in [6, 6.07) is 3.59. The standard InChI is InChI=1S/C14H20ClNO3S2/c1-14(2,3)16(9-10-21(4,18)19)13(17)8-6-11-5-7-12(15)20-11/h5-8H,9-10H2,1-4H3. The zero-order valence-electron chi connectivity index (χ0n) is 12.6. The quantitative estimate of drug-likeness (QED) is 0.767. The van der Waals surface area contributed by atoms with Crippen molar-refractivity contribution in [3.8, 4) is 0 Å². The first-order chi connectivity index (χ1) is 9.49. The summed E-state index contributed by atoms with van der Waals surface area (Å²) < 4.78 is 23.3. The summed E-state index contributed by atoms with van der Waals surface area (Å²) in [7, 11) is -3.11. The highest BCUT2D eigenvalue weighted by molar-refractivity contribution is 7.90. The monoisotopic (exact) mass is 349 g/mol. The zero-order chi connectivity index (χ0) is 16.3. The number of carbonyl (C=O) groups excluding carboxylic acids is 1. The topological polar surface area (TPSA) is 54.5 Å². The van der Waals surface area contributed by atoms with Crippen LogP contribution in [0.4, 0.5) is 0 Å². The molecule has 0 N–H and O–H groups in total. The minimum Gasteiger partial charge on any atom is -0.333 e. The molecule has 0 aliphatic carbocycles. The molecule has 0 unspecified atom stereocenters. The molecule has 21 heavy (non-hydrogen) atoms. The molecule has 0 aliphatic rings. The molecule has 1 rings (SSSR count). The summed E-state index contributed by atoms with van der Waals surface area (Å²) in [6.45, 7) is 5.81. The van der Waals surface area contributed by atoms with Crippen molar-refractivity contribution in [1.82, 2.24) is 4.90 Å². The fourth-order valence-corrected chi connectivity index (χ4v) is 3.17. The third-order valence-corrected chi connectivity index (χ3v) is 4.87. The van der Waals surface area contributed by atoms with E-state index in [1.807, 2.05) is 26.8 Å². The predicted octanol–water partition coefficient (Wildman–Crippen LogP) is 3.09. The molecule has 1 heterocycles. The molecule has 0 atom stereocenters. The Balaban J connectivity index is 2.83. The third kappa shape index (κ3) is 6.63. The van der Waals surface area contributed by atoms with Crippen molar-refractivity contribution in [1.29, 1.82) is 0 Å². The molecule has 0 bridgehead atoms. The molecule has 118 valence electrons. The number of thiophene rings is 1. The van der Waals surface area contributed by atoms with Gasteiger partial charge in [0, 0.05) is 29.3 Å². The molecule has 0 aromatic carbocycles. The van der Waals surface area contributed by atoms with E-state index in [0.29, 0.717) is 4.34 Å². The van der Waals surface area contributed by atoms with Crippen LogP contribution in [0.3, 0.4) is 0 Å². The van der Waals surface area contributed by atoms with Crippen molar-refractivity contribution in [2.75, 3.05) is 18.6 Å². The fourth-order valence-electron chi connectivity index (χ4n) is 1.69. The molecular formula is C14H20ClNO3S2. The van der Waals surface area contributed by atoms with Crippen LogP contribution in [0.1, 0.15) is 25.6 Å². The van der Waals surface area contributed by atoms with Crippen LogP contribution in [0.2, 0.25) is 4.34 Å². The van der Waals surface area contributed by atoms with Crippen LogP contribution >= 0.6 is 22.9 Å². The summed E-state index contributed by atoms with van der Waals surface area (Å²) in [5, 5.41) is 0. The number of sulfone groups is 1. The number of amides is 1. The highest BCUT2D eigenvalue weighted by atomic mass is 35.5. The summed E-state index contributed by atoms with van der Waals surface area (Å²) in [4.78, 5) is 14.7. The lowest BCUT2D eigenvalue weighted by Crippen LogP contribution is -2.47. The van der Waals surface area contributed by atoms with E-state index >= 15 is 0 Å². The minimum absolute atomic E-state index is 0.0469. The summed E-state index contributed by atoms with van der Waals surface area (Å²) >= 11 is 7.21. The highest BCUT2D eigenvalue weighted by Crippen LogP contribution is 2.23. The Labute approximate surface area is 135 Å². The zero-order valence-corrected chi connectivity index (χ0v) is 15.0. The van der Waals surface area contributed by atoms with E-state index in [0.717, 1.165) is 4.88 Å². The lowest BCUT2D eigenvalue weighted by atomic mass is 10.1. The Morgan fingerprint density at radius 1 is 1.38 bits per heavy atom. The molecule has 0 aliphatic heterocycles. The second kappa shape index (κ2) is 6.94. The van der Waals surface area contributed by atoms with Gasteiger partial charge in [0.05, 0.1) is 10.1 Å². The normalized spacial score (nSPS) is 12.8. The van der Waals surface area contributed by atoms with Crippen LogP contribution in [-0.2, 0) is 14.6 Å².